The quantitative estimate of drug-likeness (QED) is 0.653. The predicted octanol–water partition coefficient (Wildman–Crippen LogP) is 5.20. The van der Waals surface area contributed by atoms with Gasteiger partial charge in [-0.1, -0.05) is 26.8 Å². The van der Waals surface area contributed by atoms with Gasteiger partial charge in [-0.15, -0.1) is 0 Å². The molecule has 2 heterocycles. The van der Waals surface area contributed by atoms with Crippen LogP contribution in [0.3, 0.4) is 0 Å². The van der Waals surface area contributed by atoms with Gasteiger partial charge >= 0.3 is 0 Å². The fourth-order valence-corrected chi connectivity index (χ4v) is 4.48. The minimum Gasteiger partial charge on any atom is -0.454 e. The van der Waals surface area contributed by atoms with Crippen LogP contribution in [-0.4, -0.2) is 24.7 Å². The van der Waals surface area contributed by atoms with Crippen molar-refractivity contribution < 1.29 is 14.3 Å². The number of hydrogen-bond acceptors (Lipinski definition) is 3. The van der Waals surface area contributed by atoms with Gasteiger partial charge in [0.15, 0.2) is 11.5 Å². The lowest BCUT2D eigenvalue weighted by molar-refractivity contribution is -0.120. The zero-order valence-electron chi connectivity index (χ0n) is 18.3. The molecule has 5 heteroatoms. The number of benzene rings is 2. The molecule has 1 aliphatic carbocycles. The van der Waals surface area contributed by atoms with Gasteiger partial charge in [0.1, 0.15) is 0 Å². The number of nitrogens with zero attached hydrogens (tertiary/aromatic N) is 1. The zero-order chi connectivity index (χ0) is 21.3. The van der Waals surface area contributed by atoms with Gasteiger partial charge in [0.05, 0.1) is 5.41 Å². The first kappa shape index (κ1) is 19.0. The molecular formula is C25H28N2O3. The molecule has 30 heavy (non-hydrogen) atoms. The van der Waals surface area contributed by atoms with E-state index in [1.807, 2.05) is 36.2 Å². The van der Waals surface area contributed by atoms with Crippen molar-refractivity contribution in [2.24, 2.45) is 0 Å². The summed E-state index contributed by atoms with van der Waals surface area (Å²) in [7, 11) is 1.89. The summed E-state index contributed by atoms with van der Waals surface area (Å²) < 4.78 is 11.0. The van der Waals surface area contributed by atoms with E-state index in [0.717, 1.165) is 46.7 Å². The maximum Gasteiger partial charge on any atom is 0.237 e. The van der Waals surface area contributed by atoms with Crippen molar-refractivity contribution in [2.75, 3.05) is 18.7 Å². The lowest BCUT2D eigenvalue weighted by Crippen LogP contribution is -2.37. The molecule has 5 nitrogen and oxygen atoms in total. The molecule has 0 bridgehead atoms. The van der Waals surface area contributed by atoms with Gasteiger partial charge in [0.2, 0.25) is 12.7 Å². The molecule has 1 fully saturated rings. The number of ether oxygens (including phenoxy) is 2. The normalized spacial score (nSPS) is 16.7. The maximum absolute atomic E-state index is 13.6. The molecular weight excluding hydrogens is 376 g/mol. The Balaban J connectivity index is 1.49. The van der Waals surface area contributed by atoms with Crippen molar-refractivity contribution in [2.45, 2.75) is 51.4 Å². The van der Waals surface area contributed by atoms with Crippen molar-refractivity contribution >= 4 is 22.5 Å². The summed E-state index contributed by atoms with van der Waals surface area (Å²) in [4.78, 5) is 19.0. The first-order valence-electron chi connectivity index (χ1n) is 10.5. The molecule has 2 aliphatic rings. The molecule has 2 aromatic carbocycles. The predicted molar refractivity (Wildman–Crippen MR) is 119 cm³/mol. The van der Waals surface area contributed by atoms with Crippen molar-refractivity contribution in [1.29, 1.82) is 0 Å². The number of nitrogens with one attached hydrogen (secondary N) is 1. The Hall–Kier alpha value is -2.95. The van der Waals surface area contributed by atoms with E-state index in [2.05, 4.69) is 44.8 Å². The number of anilines is 1. The van der Waals surface area contributed by atoms with E-state index in [1.165, 1.54) is 11.1 Å². The molecule has 3 aromatic rings. The second-order valence-corrected chi connectivity index (χ2v) is 9.62. The molecule has 0 unspecified atom stereocenters. The van der Waals surface area contributed by atoms with Crippen LogP contribution >= 0.6 is 0 Å². The van der Waals surface area contributed by atoms with E-state index in [0.29, 0.717) is 0 Å². The number of carbonyl (C=O) groups excluding carboxylic acids is 1. The molecule has 1 amide bonds. The zero-order valence-corrected chi connectivity index (χ0v) is 18.3. The van der Waals surface area contributed by atoms with Gasteiger partial charge in [-0.25, -0.2) is 0 Å². The van der Waals surface area contributed by atoms with Crippen LogP contribution in [0.5, 0.6) is 11.5 Å². The Kier molecular flexibility index (Phi) is 3.98. The van der Waals surface area contributed by atoms with Crippen molar-refractivity contribution in [3.63, 3.8) is 0 Å². The molecule has 1 aromatic heterocycles. The average molecular weight is 405 g/mol. The molecule has 5 rings (SSSR count). The number of rotatable bonds is 3. The van der Waals surface area contributed by atoms with E-state index in [-0.39, 0.29) is 18.1 Å². The average Bonchev–Trinajstić information content (AvgIpc) is 3.16. The van der Waals surface area contributed by atoms with Crippen LogP contribution in [-0.2, 0) is 15.6 Å². The standard InChI is InChI=1S/C25H28N2O3/c1-15-17-13-22(24(2,3)4)26-18(17)7-8-19(15)27(5)23(28)25(10-11-25)16-6-9-20-21(12-16)30-14-29-20/h6-9,12-13,26H,10-11,14H2,1-5H3. The number of amides is 1. The van der Waals surface area contributed by atoms with Gasteiger partial charge < -0.3 is 19.4 Å². The monoisotopic (exact) mass is 404 g/mol. The fraction of sp³-hybridized carbons (Fsp3) is 0.400. The summed E-state index contributed by atoms with van der Waals surface area (Å²) in [6, 6.07) is 12.2. The largest absolute Gasteiger partial charge is 0.454 e. The Morgan fingerprint density at radius 2 is 1.80 bits per heavy atom. The minimum absolute atomic E-state index is 0.0464. The fourth-order valence-electron chi connectivity index (χ4n) is 4.48. The van der Waals surface area contributed by atoms with E-state index in [1.54, 1.807) is 0 Å². The Labute approximate surface area is 177 Å². The number of fused-ring (bicyclic) bond motifs is 2. The van der Waals surface area contributed by atoms with Gasteiger partial charge in [0.25, 0.3) is 0 Å². The summed E-state index contributed by atoms with van der Waals surface area (Å²) in [6.45, 7) is 8.94. The molecule has 0 spiro atoms. The third-order valence-corrected chi connectivity index (χ3v) is 6.60. The number of aromatic amines is 1. The number of hydrogen-bond donors (Lipinski definition) is 1. The molecule has 0 radical (unpaired) electrons. The van der Waals surface area contributed by atoms with Gasteiger partial charge in [-0.2, -0.15) is 0 Å². The highest BCUT2D eigenvalue weighted by molar-refractivity contribution is 6.05. The van der Waals surface area contributed by atoms with Crippen LogP contribution in [0, 0.1) is 6.92 Å². The molecule has 0 saturated heterocycles. The number of likely N-dealkylation sites (N-methyl/N-ethyl adjacent to an activating group) is 1. The molecule has 1 saturated carbocycles. The third kappa shape index (κ3) is 2.79. The number of H-pyrrole nitrogens is 1. The van der Waals surface area contributed by atoms with Gasteiger partial charge in [-0.3, -0.25) is 4.79 Å². The molecule has 1 aliphatic heterocycles. The highest BCUT2D eigenvalue weighted by atomic mass is 16.7. The summed E-state index contributed by atoms with van der Waals surface area (Å²) in [5.74, 6) is 1.61. The highest BCUT2D eigenvalue weighted by Gasteiger charge is 2.53. The van der Waals surface area contributed by atoms with Gasteiger partial charge in [0, 0.05) is 34.7 Å². The Morgan fingerprint density at radius 3 is 2.50 bits per heavy atom. The molecule has 156 valence electrons. The van der Waals surface area contributed by atoms with E-state index < -0.39 is 5.41 Å². The molecule has 0 atom stereocenters. The van der Waals surface area contributed by atoms with Crippen molar-refractivity contribution in [3.05, 3.63) is 53.2 Å². The van der Waals surface area contributed by atoms with Crippen LogP contribution in [0.25, 0.3) is 10.9 Å². The Morgan fingerprint density at radius 1 is 1.07 bits per heavy atom. The van der Waals surface area contributed by atoms with Gasteiger partial charge in [-0.05, 0) is 61.2 Å². The first-order chi connectivity index (χ1) is 14.2. The topological polar surface area (TPSA) is 54.6 Å². The lowest BCUT2D eigenvalue weighted by atomic mass is 9.92. The maximum atomic E-state index is 13.6. The lowest BCUT2D eigenvalue weighted by Gasteiger charge is -2.26. The van der Waals surface area contributed by atoms with E-state index in [9.17, 15) is 4.79 Å². The van der Waals surface area contributed by atoms with Crippen LogP contribution in [0.1, 0.15) is 50.4 Å². The van der Waals surface area contributed by atoms with Crippen LogP contribution in [0.4, 0.5) is 5.69 Å². The second kappa shape index (κ2) is 6.27. The summed E-state index contributed by atoms with van der Waals surface area (Å²) in [5.41, 5.74) is 4.98. The van der Waals surface area contributed by atoms with E-state index in [4.69, 9.17) is 9.47 Å². The second-order valence-electron chi connectivity index (χ2n) is 9.62. The summed E-state index contributed by atoms with van der Waals surface area (Å²) in [6.07, 6.45) is 1.71. The first-order valence-corrected chi connectivity index (χ1v) is 10.5. The number of aromatic nitrogens is 1. The van der Waals surface area contributed by atoms with Crippen molar-refractivity contribution in [1.82, 2.24) is 4.98 Å². The van der Waals surface area contributed by atoms with Crippen LogP contribution in [0.15, 0.2) is 36.4 Å². The summed E-state index contributed by atoms with van der Waals surface area (Å²) in [5, 5.41) is 1.17. The third-order valence-electron chi connectivity index (χ3n) is 6.60. The number of carbonyl (C=O) groups is 1. The Bertz CT molecular complexity index is 1170. The van der Waals surface area contributed by atoms with Crippen molar-refractivity contribution in [3.8, 4) is 11.5 Å². The summed E-state index contributed by atoms with van der Waals surface area (Å²) >= 11 is 0. The minimum atomic E-state index is -0.466. The van der Waals surface area contributed by atoms with Crippen LogP contribution < -0.4 is 14.4 Å². The van der Waals surface area contributed by atoms with E-state index >= 15 is 0 Å². The van der Waals surface area contributed by atoms with Crippen LogP contribution in [0.2, 0.25) is 0 Å². The molecule has 1 N–H and O–H groups in total. The highest BCUT2D eigenvalue weighted by Crippen LogP contribution is 2.52. The SMILES string of the molecule is Cc1c(N(C)C(=O)C2(c3ccc4c(c3)OCO4)CC2)ccc2[nH]c(C(C)(C)C)cc12. The number of aryl methyl sites for hydroxylation is 1. The smallest absolute Gasteiger partial charge is 0.237 e.